The van der Waals surface area contributed by atoms with Gasteiger partial charge in [-0.15, -0.1) is 21.5 Å². The van der Waals surface area contributed by atoms with Crippen molar-refractivity contribution < 1.29 is 0 Å². The predicted molar refractivity (Wildman–Crippen MR) is 62.4 cm³/mol. The molecule has 3 heterocycles. The van der Waals surface area contributed by atoms with Crippen LogP contribution >= 0.6 is 22.9 Å². The highest BCUT2D eigenvalue weighted by atomic mass is 35.5. The number of aromatic nitrogens is 5. The summed E-state index contributed by atoms with van der Waals surface area (Å²) in [6.07, 6.45) is 3.36. The van der Waals surface area contributed by atoms with Crippen molar-refractivity contribution in [3.8, 4) is 10.8 Å². The van der Waals surface area contributed by atoms with E-state index in [1.54, 1.807) is 18.6 Å². The maximum atomic E-state index is 5.80. The molecule has 0 radical (unpaired) electrons. The number of hydrogen-bond acceptors (Lipinski definition) is 5. The van der Waals surface area contributed by atoms with E-state index in [1.807, 2.05) is 11.6 Å². The molecule has 0 aromatic carbocycles. The van der Waals surface area contributed by atoms with E-state index in [4.69, 9.17) is 11.6 Å². The van der Waals surface area contributed by atoms with E-state index in [2.05, 4.69) is 20.2 Å². The minimum Gasteiger partial charge on any atom is -0.315 e. The molecule has 7 heteroatoms. The lowest BCUT2D eigenvalue weighted by atomic mass is 10.4. The Morgan fingerprint density at radius 3 is 3.06 bits per heavy atom. The first-order valence-corrected chi connectivity index (χ1v) is 5.70. The van der Waals surface area contributed by atoms with Crippen LogP contribution in [0.2, 0.25) is 5.15 Å². The molecule has 5 nitrogen and oxygen atoms in total. The minimum absolute atomic E-state index is 0.447. The molecule has 0 aliphatic rings. The highest BCUT2D eigenvalue weighted by molar-refractivity contribution is 7.21. The lowest BCUT2D eigenvalue weighted by Crippen LogP contribution is -1.89. The monoisotopic (exact) mass is 251 g/mol. The normalized spacial score (nSPS) is 11.1. The van der Waals surface area contributed by atoms with Crippen LogP contribution in [0.5, 0.6) is 0 Å². The van der Waals surface area contributed by atoms with Gasteiger partial charge in [0.1, 0.15) is 11.5 Å². The molecule has 0 spiro atoms. The molecular formula is C9H6ClN5S. The van der Waals surface area contributed by atoms with Gasteiger partial charge in [0.25, 0.3) is 0 Å². The molecule has 3 aromatic heterocycles. The molecule has 0 aliphatic carbocycles. The molecular weight excluding hydrogens is 246 g/mol. The molecule has 0 atom stereocenters. The van der Waals surface area contributed by atoms with Gasteiger partial charge in [-0.2, -0.15) is 0 Å². The Labute approximate surface area is 99.7 Å². The van der Waals surface area contributed by atoms with Gasteiger partial charge in [-0.05, 0) is 0 Å². The Balaban J connectivity index is 2.23. The number of thiazole rings is 1. The maximum absolute atomic E-state index is 5.80. The third-order valence-electron chi connectivity index (χ3n) is 2.14. The topological polar surface area (TPSA) is 56.5 Å². The van der Waals surface area contributed by atoms with Crippen LogP contribution in [0.25, 0.3) is 21.0 Å². The Hall–Kier alpha value is -1.53. The van der Waals surface area contributed by atoms with Crippen molar-refractivity contribution in [2.45, 2.75) is 0 Å². The van der Waals surface area contributed by atoms with E-state index in [0.717, 1.165) is 21.0 Å². The highest BCUT2D eigenvalue weighted by Gasteiger charge is 2.11. The van der Waals surface area contributed by atoms with Gasteiger partial charge in [-0.1, -0.05) is 11.6 Å². The van der Waals surface area contributed by atoms with Crippen LogP contribution in [0.1, 0.15) is 0 Å². The summed E-state index contributed by atoms with van der Waals surface area (Å²) in [5.41, 5.74) is 0.836. The van der Waals surface area contributed by atoms with Gasteiger partial charge in [-0.25, -0.2) is 9.97 Å². The summed E-state index contributed by atoms with van der Waals surface area (Å²) < 4.78 is 2.81. The zero-order chi connectivity index (χ0) is 11.1. The fraction of sp³-hybridized carbons (Fsp3) is 0.111. The molecule has 0 saturated carbocycles. The number of nitrogens with zero attached hydrogens (tertiary/aromatic N) is 5. The number of rotatable bonds is 1. The van der Waals surface area contributed by atoms with Crippen molar-refractivity contribution in [2.75, 3.05) is 0 Å². The minimum atomic E-state index is 0.447. The summed E-state index contributed by atoms with van der Waals surface area (Å²) in [7, 11) is 1.88. The lowest BCUT2D eigenvalue weighted by Gasteiger charge is -1.92. The van der Waals surface area contributed by atoms with Crippen LogP contribution < -0.4 is 0 Å². The summed E-state index contributed by atoms with van der Waals surface area (Å²) >= 11 is 7.33. The molecule has 0 unspecified atom stereocenters. The average molecular weight is 252 g/mol. The number of fused-ring (bicyclic) bond motifs is 1. The van der Waals surface area contributed by atoms with Crippen LogP contribution in [0.4, 0.5) is 0 Å². The van der Waals surface area contributed by atoms with Crippen molar-refractivity contribution in [3.05, 3.63) is 23.7 Å². The van der Waals surface area contributed by atoms with Crippen molar-refractivity contribution in [1.82, 2.24) is 24.7 Å². The zero-order valence-electron chi connectivity index (χ0n) is 8.25. The average Bonchev–Trinajstić information content (AvgIpc) is 2.82. The maximum Gasteiger partial charge on any atom is 0.192 e. The number of hydrogen-bond donors (Lipinski definition) is 0. The van der Waals surface area contributed by atoms with Gasteiger partial charge in [0, 0.05) is 19.3 Å². The van der Waals surface area contributed by atoms with Crippen LogP contribution in [-0.4, -0.2) is 24.7 Å². The summed E-state index contributed by atoms with van der Waals surface area (Å²) in [5.74, 6) is 0.748. The standard InChI is InChI=1S/C9H6ClN5S/c1-15-4-12-14-8(15)9-13-5-2-7(10)11-3-6(5)16-9/h2-4H,1H3. The number of halogens is 1. The third kappa shape index (κ3) is 1.46. The van der Waals surface area contributed by atoms with E-state index < -0.39 is 0 Å². The largest absolute Gasteiger partial charge is 0.315 e. The first-order valence-electron chi connectivity index (χ1n) is 4.50. The highest BCUT2D eigenvalue weighted by Crippen LogP contribution is 2.28. The van der Waals surface area contributed by atoms with Crippen molar-refractivity contribution in [2.24, 2.45) is 7.05 Å². The molecule has 0 N–H and O–H groups in total. The summed E-state index contributed by atoms with van der Waals surface area (Å²) in [6, 6.07) is 1.74. The Bertz CT molecular complexity index is 659. The van der Waals surface area contributed by atoms with Crippen molar-refractivity contribution >= 4 is 33.2 Å². The molecule has 0 amide bonds. The Morgan fingerprint density at radius 2 is 2.31 bits per heavy atom. The first-order chi connectivity index (χ1) is 7.74. The predicted octanol–water partition coefficient (Wildman–Crippen LogP) is 2.14. The molecule has 0 bridgehead atoms. The second kappa shape index (κ2) is 3.50. The van der Waals surface area contributed by atoms with Gasteiger partial charge < -0.3 is 4.57 Å². The molecule has 0 aliphatic heterocycles. The SMILES string of the molecule is Cn1cnnc1-c1nc2cc(Cl)ncc2s1. The van der Waals surface area contributed by atoms with Gasteiger partial charge in [-0.3, -0.25) is 0 Å². The first kappa shape index (κ1) is 9.68. The van der Waals surface area contributed by atoms with E-state index in [1.165, 1.54) is 11.3 Å². The van der Waals surface area contributed by atoms with Crippen LogP contribution in [0.3, 0.4) is 0 Å². The van der Waals surface area contributed by atoms with Crippen molar-refractivity contribution in [1.29, 1.82) is 0 Å². The third-order valence-corrected chi connectivity index (χ3v) is 3.35. The van der Waals surface area contributed by atoms with Crippen LogP contribution in [-0.2, 0) is 7.05 Å². The van der Waals surface area contributed by atoms with Crippen molar-refractivity contribution in [3.63, 3.8) is 0 Å². The lowest BCUT2D eigenvalue weighted by molar-refractivity contribution is 0.918. The quantitative estimate of drug-likeness (QED) is 0.622. The summed E-state index contributed by atoms with van der Waals surface area (Å²) in [4.78, 5) is 8.47. The Morgan fingerprint density at radius 1 is 1.44 bits per heavy atom. The second-order valence-corrected chi connectivity index (χ2v) is 4.68. The van der Waals surface area contributed by atoms with E-state index in [-0.39, 0.29) is 0 Å². The van der Waals surface area contributed by atoms with Crippen LogP contribution in [0.15, 0.2) is 18.6 Å². The number of pyridine rings is 1. The molecule has 3 aromatic rings. The van der Waals surface area contributed by atoms with E-state index >= 15 is 0 Å². The smallest absolute Gasteiger partial charge is 0.192 e. The van der Waals surface area contributed by atoms with Gasteiger partial charge in [0.05, 0.1) is 10.2 Å². The van der Waals surface area contributed by atoms with E-state index in [9.17, 15) is 0 Å². The molecule has 0 fully saturated rings. The summed E-state index contributed by atoms with van der Waals surface area (Å²) in [5, 5.41) is 9.10. The van der Waals surface area contributed by atoms with Gasteiger partial charge >= 0.3 is 0 Å². The molecule has 80 valence electrons. The second-order valence-electron chi connectivity index (χ2n) is 3.26. The van der Waals surface area contributed by atoms with Crippen LogP contribution in [0, 0.1) is 0 Å². The fourth-order valence-electron chi connectivity index (χ4n) is 1.38. The van der Waals surface area contributed by atoms with Gasteiger partial charge in [0.2, 0.25) is 0 Å². The Kier molecular flexibility index (Phi) is 2.12. The molecule has 3 rings (SSSR count). The van der Waals surface area contributed by atoms with E-state index in [0.29, 0.717) is 5.15 Å². The zero-order valence-corrected chi connectivity index (χ0v) is 9.83. The van der Waals surface area contributed by atoms with Gasteiger partial charge in [0.15, 0.2) is 10.8 Å². The number of aryl methyl sites for hydroxylation is 1. The fourth-order valence-corrected chi connectivity index (χ4v) is 2.48. The summed E-state index contributed by atoms with van der Waals surface area (Å²) in [6.45, 7) is 0. The molecule has 0 saturated heterocycles. The molecule has 16 heavy (non-hydrogen) atoms.